The molecule has 0 bridgehead atoms. The minimum Gasteiger partial charge on any atom is -0.489 e. The maximum atomic E-state index is 5.80. The van der Waals surface area contributed by atoms with Gasteiger partial charge in [-0.15, -0.1) is 0 Å². The second-order valence-corrected chi connectivity index (χ2v) is 4.24. The van der Waals surface area contributed by atoms with Gasteiger partial charge in [-0.05, 0) is 38.0 Å². The fourth-order valence-electron chi connectivity index (χ4n) is 2.10. The maximum absolute atomic E-state index is 5.80. The van der Waals surface area contributed by atoms with E-state index in [-0.39, 0.29) is 0 Å². The molecular weight excluding hydrogens is 236 g/mol. The first kappa shape index (κ1) is 13.5. The van der Waals surface area contributed by atoms with Gasteiger partial charge in [0.1, 0.15) is 0 Å². The van der Waals surface area contributed by atoms with Crippen molar-refractivity contribution in [3.63, 3.8) is 0 Å². The number of aryl methyl sites for hydroxylation is 1. The van der Waals surface area contributed by atoms with E-state index in [1.165, 1.54) is 0 Å². The molecule has 0 aliphatic rings. The van der Waals surface area contributed by atoms with Crippen molar-refractivity contribution in [2.45, 2.75) is 20.8 Å². The Balaban J connectivity index is 2.59. The minimum absolute atomic E-state index is 0.605. The van der Waals surface area contributed by atoms with Crippen molar-refractivity contribution in [3.05, 3.63) is 48.0 Å². The molecule has 0 unspecified atom stereocenters. The van der Waals surface area contributed by atoms with Crippen LogP contribution in [-0.4, -0.2) is 13.2 Å². The van der Waals surface area contributed by atoms with Crippen molar-refractivity contribution in [1.29, 1.82) is 0 Å². The fraction of sp³-hybridized carbons (Fsp3) is 0.294. The Hall–Kier alpha value is -1.96. The standard InChI is InChI=1S/C17H19O2/c1-4-18-15-12-11-13(3)16(17(15)19-5-2)14-9-7-6-8-10-14/h6-11H,4-5H2,1-3H3. The van der Waals surface area contributed by atoms with E-state index in [4.69, 9.17) is 9.47 Å². The molecule has 0 fully saturated rings. The highest BCUT2D eigenvalue weighted by molar-refractivity contribution is 5.76. The molecule has 19 heavy (non-hydrogen) atoms. The van der Waals surface area contributed by atoms with Gasteiger partial charge in [0.05, 0.1) is 13.2 Å². The van der Waals surface area contributed by atoms with Crippen molar-refractivity contribution < 1.29 is 9.47 Å². The van der Waals surface area contributed by atoms with Gasteiger partial charge in [-0.25, -0.2) is 0 Å². The number of benzene rings is 2. The molecule has 0 aromatic heterocycles. The van der Waals surface area contributed by atoms with Gasteiger partial charge in [0.15, 0.2) is 11.5 Å². The molecule has 99 valence electrons. The van der Waals surface area contributed by atoms with Crippen LogP contribution in [-0.2, 0) is 0 Å². The third-order valence-electron chi connectivity index (χ3n) is 2.89. The highest BCUT2D eigenvalue weighted by atomic mass is 16.5. The molecule has 0 heterocycles. The Morgan fingerprint density at radius 2 is 1.68 bits per heavy atom. The second-order valence-electron chi connectivity index (χ2n) is 4.24. The molecular formula is C17H19O2. The maximum Gasteiger partial charge on any atom is 0.169 e. The predicted molar refractivity (Wildman–Crippen MR) is 77.8 cm³/mol. The first-order valence-electron chi connectivity index (χ1n) is 6.64. The molecule has 0 amide bonds. The summed E-state index contributed by atoms with van der Waals surface area (Å²) < 4.78 is 11.4. The third-order valence-corrected chi connectivity index (χ3v) is 2.89. The van der Waals surface area contributed by atoms with Crippen LogP contribution in [0.25, 0.3) is 11.1 Å². The zero-order valence-electron chi connectivity index (χ0n) is 11.7. The lowest BCUT2D eigenvalue weighted by Crippen LogP contribution is -2.01. The molecule has 0 saturated carbocycles. The number of hydrogen-bond acceptors (Lipinski definition) is 2. The average molecular weight is 255 g/mol. The summed E-state index contributed by atoms with van der Waals surface area (Å²) in [4.78, 5) is 0. The Morgan fingerprint density at radius 3 is 2.32 bits per heavy atom. The summed E-state index contributed by atoms with van der Waals surface area (Å²) in [7, 11) is 0. The molecule has 2 aromatic rings. The highest BCUT2D eigenvalue weighted by Crippen LogP contribution is 2.40. The van der Waals surface area contributed by atoms with Crippen LogP contribution in [0.1, 0.15) is 19.4 Å². The molecule has 2 heteroatoms. The van der Waals surface area contributed by atoms with Crippen molar-refractivity contribution in [2.24, 2.45) is 0 Å². The minimum atomic E-state index is 0.605. The average Bonchev–Trinajstić information content (AvgIpc) is 2.43. The van der Waals surface area contributed by atoms with Gasteiger partial charge < -0.3 is 9.47 Å². The van der Waals surface area contributed by atoms with Crippen LogP contribution in [0.3, 0.4) is 0 Å². The highest BCUT2D eigenvalue weighted by Gasteiger charge is 2.15. The van der Waals surface area contributed by atoms with Crippen molar-refractivity contribution in [2.75, 3.05) is 13.2 Å². The SMILES string of the molecule is CCOc1[c]cc(C)c(-c2ccccc2)c1OCC. The molecule has 1 radical (unpaired) electrons. The molecule has 0 spiro atoms. The first-order valence-corrected chi connectivity index (χ1v) is 6.64. The van der Waals surface area contributed by atoms with Crippen molar-refractivity contribution in [3.8, 4) is 22.6 Å². The van der Waals surface area contributed by atoms with Crippen molar-refractivity contribution >= 4 is 0 Å². The van der Waals surface area contributed by atoms with Crippen LogP contribution in [0.5, 0.6) is 11.5 Å². The lowest BCUT2D eigenvalue weighted by Gasteiger charge is -2.17. The summed E-state index contributed by atoms with van der Waals surface area (Å²) >= 11 is 0. The van der Waals surface area contributed by atoms with E-state index < -0.39 is 0 Å². The summed E-state index contributed by atoms with van der Waals surface area (Å²) in [6.45, 7) is 7.22. The zero-order chi connectivity index (χ0) is 13.7. The van der Waals surface area contributed by atoms with E-state index in [0.29, 0.717) is 19.0 Å². The van der Waals surface area contributed by atoms with E-state index in [0.717, 1.165) is 22.4 Å². The van der Waals surface area contributed by atoms with E-state index in [9.17, 15) is 0 Å². The summed E-state index contributed by atoms with van der Waals surface area (Å²) in [6, 6.07) is 15.3. The fourth-order valence-corrected chi connectivity index (χ4v) is 2.10. The molecule has 0 saturated heterocycles. The molecule has 2 rings (SSSR count). The quantitative estimate of drug-likeness (QED) is 0.794. The van der Waals surface area contributed by atoms with Gasteiger partial charge in [0, 0.05) is 11.6 Å². The van der Waals surface area contributed by atoms with Crippen LogP contribution >= 0.6 is 0 Å². The molecule has 2 aromatic carbocycles. The molecule has 0 N–H and O–H groups in total. The van der Waals surface area contributed by atoms with E-state index in [1.807, 2.05) is 38.1 Å². The van der Waals surface area contributed by atoms with E-state index in [2.05, 4.69) is 25.1 Å². The Labute approximate surface area is 115 Å². The molecule has 0 aliphatic carbocycles. The smallest absolute Gasteiger partial charge is 0.169 e. The normalized spacial score (nSPS) is 10.3. The lowest BCUT2D eigenvalue weighted by molar-refractivity contribution is 0.288. The zero-order valence-corrected chi connectivity index (χ0v) is 11.7. The second kappa shape index (κ2) is 6.28. The van der Waals surface area contributed by atoms with Gasteiger partial charge in [-0.3, -0.25) is 0 Å². The van der Waals surface area contributed by atoms with Crippen LogP contribution in [0.4, 0.5) is 0 Å². The van der Waals surface area contributed by atoms with Gasteiger partial charge in [0.25, 0.3) is 0 Å². The monoisotopic (exact) mass is 255 g/mol. The summed E-state index contributed by atoms with van der Waals surface area (Å²) in [5, 5.41) is 0. The van der Waals surface area contributed by atoms with Crippen LogP contribution in [0, 0.1) is 13.0 Å². The number of hydrogen-bond donors (Lipinski definition) is 0. The predicted octanol–water partition coefficient (Wildman–Crippen LogP) is 4.26. The van der Waals surface area contributed by atoms with Crippen LogP contribution in [0.15, 0.2) is 36.4 Å². The first-order chi connectivity index (χ1) is 9.27. The Kier molecular flexibility index (Phi) is 4.45. The topological polar surface area (TPSA) is 18.5 Å². The van der Waals surface area contributed by atoms with Gasteiger partial charge in [0.2, 0.25) is 0 Å². The summed E-state index contributed by atoms with van der Waals surface area (Å²) in [6.07, 6.45) is 0. The molecule has 0 aliphatic heterocycles. The van der Waals surface area contributed by atoms with Crippen molar-refractivity contribution in [1.82, 2.24) is 0 Å². The Morgan fingerprint density at radius 1 is 1.00 bits per heavy atom. The number of rotatable bonds is 5. The Bertz CT molecular complexity index is 532. The van der Waals surface area contributed by atoms with Gasteiger partial charge >= 0.3 is 0 Å². The number of ether oxygens (including phenoxy) is 2. The summed E-state index contributed by atoms with van der Waals surface area (Å²) in [5.74, 6) is 1.48. The molecule has 0 atom stereocenters. The van der Waals surface area contributed by atoms with E-state index >= 15 is 0 Å². The van der Waals surface area contributed by atoms with Crippen LogP contribution < -0.4 is 9.47 Å². The van der Waals surface area contributed by atoms with Crippen LogP contribution in [0.2, 0.25) is 0 Å². The third kappa shape index (κ3) is 2.90. The largest absolute Gasteiger partial charge is 0.489 e. The lowest BCUT2D eigenvalue weighted by atomic mass is 9.99. The summed E-state index contributed by atoms with van der Waals surface area (Å²) in [5.41, 5.74) is 3.36. The van der Waals surface area contributed by atoms with E-state index in [1.54, 1.807) is 0 Å². The van der Waals surface area contributed by atoms with Gasteiger partial charge in [-0.2, -0.15) is 0 Å². The molecule has 2 nitrogen and oxygen atoms in total. The van der Waals surface area contributed by atoms with Gasteiger partial charge in [-0.1, -0.05) is 30.3 Å².